The van der Waals surface area contributed by atoms with Crippen molar-refractivity contribution in [2.24, 2.45) is 11.7 Å². The van der Waals surface area contributed by atoms with E-state index >= 15 is 0 Å². The maximum atomic E-state index is 12.3. The highest BCUT2D eigenvalue weighted by molar-refractivity contribution is 14.1. The van der Waals surface area contributed by atoms with Crippen molar-refractivity contribution in [3.8, 4) is 0 Å². The molecule has 5 heteroatoms. The van der Waals surface area contributed by atoms with Crippen molar-refractivity contribution in [1.82, 2.24) is 5.32 Å². The highest BCUT2D eigenvalue weighted by Gasteiger charge is 2.27. The van der Waals surface area contributed by atoms with E-state index in [0.29, 0.717) is 12.5 Å². The first-order valence-corrected chi connectivity index (χ1v) is 7.46. The number of nitrogens with two attached hydrogens (primary N) is 1. The van der Waals surface area contributed by atoms with E-state index < -0.39 is 0 Å². The molecule has 19 heavy (non-hydrogen) atoms. The first-order chi connectivity index (χ1) is 8.61. The van der Waals surface area contributed by atoms with Gasteiger partial charge in [0.2, 0.25) is 0 Å². The molecule has 2 rings (SSSR count). The molecule has 1 aromatic carbocycles. The summed E-state index contributed by atoms with van der Waals surface area (Å²) in [6, 6.07) is 6.21. The summed E-state index contributed by atoms with van der Waals surface area (Å²) in [4.78, 5) is 12.3. The van der Waals surface area contributed by atoms with E-state index in [1.54, 1.807) is 0 Å². The molecule has 0 radical (unpaired) electrons. The molecular formula is C14H20ClIN2O. The number of hydrogen-bond donors (Lipinski definition) is 2. The molecule has 0 bridgehead atoms. The van der Waals surface area contributed by atoms with Crippen LogP contribution in [-0.4, -0.2) is 18.5 Å². The maximum absolute atomic E-state index is 12.3. The summed E-state index contributed by atoms with van der Waals surface area (Å²) >= 11 is 2.21. The fourth-order valence-electron chi connectivity index (χ4n) is 2.57. The number of hydrogen-bond acceptors (Lipinski definition) is 2. The van der Waals surface area contributed by atoms with Crippen molar-refractivity contribution in [1.29, 1.82) is 0 Å². The van der Waals surface area contributed by atoms with Gasteiger partial charge in [0, 0.05) is 9.61 Å². The summed E-state index contributed by atoms with van der Waals surface area (Å²) in [6.45, 7) is 2.67. The molecule has 2 atom stereocenters. The Hall–Kier alpha value is -0.330. The molecule has 1 aromatic rings. The molecule has 0 saturated heterocycles. The average molecular weight is 395 g/mol. The molecule has 1 aliphatic carbocycles. The van der Waals surface area contributed by atoms with Crippen LogP contribution in [0.5, 0.6) is 0 Å². The highest BCUT2D eigenvalue weighted by atomic mass is 127. The summed E-state index contributed by atoms with van der Waals surface area (Å²) in [5.41, 5.74) is 7.63. The van der Waals surface area contributed by atoms with Gasteiger partial charge in [-0.05, 0) is 67.0 Å². The molecular weight excluding hydrogens is 375 g/mol. The minimum atomic E-state index is 0. The molecule has 1 saturated carbocycles. The van der Waals surface area contributed by atoms with Gasteiger partial charge in [-0.3, -0.25) is 4.79 Å². The second kappa shape index (κ2) is 7.45. The molecule has 1 fully saturated rings. The van der Waals surface area contributed by atoms with Crippen LogP contribution in [0.3, 0.4) is 0 Å². The van der Waals surface area contributed by atoms with E-state index in [1.807, 2.05) is 25.1 Å². The number of rotatable bonds is 3. The lowest BCUT2D eigenvalue weighted by molar-refractivity contribution is 0.0928. The molecule has 2 unspecified atom stereocenters. The van der Waals surface area contributed by atoms with Crippen LogP contribution in [0.4, 0.5) is 0 Å². The molecule has 0 aliphatic heterocycles. The van der Waals surface area contributed by atoms with Crippen LogP contribution in [0.1, 0.15) is 35.2 Å². The zero-order valence-corrected chi connectivity index (χ0v) is 14.0. The van der Waals surface area contributed by atoms with Crippen molar-refractivity contribution in [2.75, 3.05) is 6.54 Å². The van der Waals surface area contributed by atoms with Crippen LogP contribution in [-0.2, 0) is 0 Å². The summed E-state index contributed by atoms with van der Waals surface area (Å²) < 4.78 is 0.998. The van der Waals surface area contributed by atoms with Crippen LogP contribution in [0.15, 0.2) is 18.2 Å². The van der Waals surface area contributed by atoms with Crippen LogP contribution < -0.4 is 11.1 Å². The van der Waals surface area contributed by atoms with Crippen LogP contribution in [0, 0.1) is 16.4 Å². The van der Waals surface area contributed by atoms with E-state index in [1.165, 1.54) is 0 Å². The first kappa shape index (κ1) is 16.7. The van der Waals surface area contributed by atoms with Crippen LogP contribution in [0.25, 0.3) is 0 Å². The fraction of sp³-hybridized carbons (Fsp3) is 0.500. The number of nitrogens with one attached hydrogen (secondary N) is 1. The molecule has 1 amide bonds. The molecule has 106 valence electrons. The monoisotopic (exact) mass is 394 g/mol. The Morgan fingerprint density at radius 2 is 2.21 bits per heavy atom. The number of halogens is 2. The third-order valence-electron chi connectivity index (χ3n) is 3.64. The Morgan fingerprint density at radius 3 is 2.89 bits per heavy atom. The highest BCUT2D eigenvalue weighted by Crippen LogP contribution is 2.25. The molecule has 0 heterocycles. The first-order valence-electron chi connectivity index (χ1n) is 6.39. The van der Waals surface area contributed by atoms with Gasteiger partial charge in [-0.25, -0.2) is 0 Å². The third-order valence-corrected chi connectivity index (χ3v) is 4.59. The van der Waals surface area contributed by atoms with Gasteiger partial charge in [0.05, 0.1) is 5.56 Å². The average Bonchev–Trinajstić information content (AvgIpc) is 2.79. The number of benzene rings is 1. The Bertz CT molecular complexity index is 453. The van der Waals surface area contributed by atoms with Gasteiger partial charge < -0.3 is 11.1 Å². The lowest BCUT2D eigenvalue weighted by atomic mass is 10.0. The number of aryl methyl sites for hydroxylation is 1. The lowest BCUT2D eigenvalue weighted by Crippen LogP contribution is -2.40. The Balaban J connectivity index is 0.00000180. The quantitative estimate of drug-likeness (QED) is 0.775. The van der Waals surface area contributed by atoms with Crippen molar-refractivity contribution in [3.63, 3.8) is 0 Å². The van der Waals surface area contributed by atoms with Gasteiger partial charge in [-0.2, -0.15) is 0 Å². The Labute approximate surface area is 134 Å². The van der Waals surface area contributed by atoms with Gasteiger partial charge in [0.1, 0.15) is 0 Å². The van der Waals surface area contributed by atoms with Gasteiger partial charge in [0.15, 0.2) is 0 Å². The van der Waals surface area contributed by atoms with Crippen molar-refractivity contribution in [2.45, 2.75) is 32.2 Å². The smallest absolute Gasteiger partial charge is 0.252 e. The molecule has 1 aliphatic rings. The summed E-state index contributed by atoms with van der Waals surface area (Å²) in [5.74, 6) is 0.477. The zero-order valence-electron chi connectivity index (χ0n) is 11.0. The summed E-state index contributed by atoms with van der Waals surface area (Å²) in [7, 11) is 0. The predicted octanol–water partition coefficient (Wildman–Crippen LogP) is 2.88. The standard InChI is InChI=1S/C14H19IN2O.ClH/c1-9-5-6-12(15)11(7-9)14(18)17-13-4-2-3-10(13)8-16;/h5-7,10,13H,2-4,8,16H2,1H3,(H,17,18);1H. The number of amides is 1. The van der Waals surface area contributed by atoms with Gasteiger partial charge in [-0.15, -0.1) is 12.4 Å². The summed E-state index contributed by atoms with van der Waals surface area (Å²) in [5, 5.41) is 3.14. The lowest BCUT2D eigenvalue weighted by Gasteiger charge is -2.20. The SMILES string of the molecule is Cc1ccc(I)c(C(=O)NC2CCCC2CN)c1.Cl. The van der Waals surface area contributed by atoms with Crippen molar-refractivity contribution in [3.05, 3.63) is 32.9 Å². The molecule has 0 spiro atoms. The van der Waals surface area contributed by atoms with Crippen molar-refractivity contribution >= 4 is 40.9 Å². The van der Waals surface area contributed by atoms with Crippen molar-refractivity contribution < 1.29 is 4.79 Å². The van der Waals surface area contributed by atoms with E-state index in [4.69, 9.17) is 5.73 Å². The normalized spacial score (nSPS) is 21.8. The number of carbonyl (C=O) groups excluding carboxylic acids is 1. The van der Waals surface area contributed by atoms with E-state index in [9.17, 15) is 4.79 Å². The summed E-state index contributed by atoms with van der Waals surface area (Å²) in [6.07, 6.45) is 3.35. The largest absolute Gasteiger partial charge is 0.349 e. The fourth-order valence-corrected chi connectivity index (χ4v) is 3.15. The predicted molar refractivity (Wildman–Crippen MR) is 88.8 cm³/mol. The second-order valence-corrected chi connectivity index (χ2v) is 6.15. The maximum Gasteiger partial charge on any atom is 0.252 e. The van der Waals surface area contributed by atoms with Gasteiger partial charge in [0.25, 0.3) is 5.91 Å². The van der Waals surface area contributed by atoms with Crippen LogP contribution >= 0.6 is 35.0 Å². The van der Waals surface area contributed by atoms with Gasteiger partial charge >= 0.3 is 0 Å². The molecule has 3 nitrogen and oxygen atoms in total. The van der Waals surface area contributed by atoms with E-state index in [0.717, 1.165) is 34.0 Å². The van der Waals surface area contributed by atoms with E-state index in [2.05, 4.69) is 27.9 Å². The van der Waals surface area contributed by atoms with Crippen LogP contribution in [0.2, 0.25) is 0 Å². The minimum Gasteiger partial charge on any atom is -0.349 e. The minimum absolute atomic E-state index is 0. The Morgan fingerprint density at radius 1 is 1.47 bits per heavy atom. The molecule has 0 aromatic heterocycles. The number of carbonyl (C=O) groups is 1. The second-order valence-electron chi connectivity index (χ2n) is 4.99. The van der Waals surface area contributed by atoms with Gasteiger partial charge in [-0.1, -0.05) is 18.1 Å². The third kappa shape index (κ3) is 4.07. The van der Waals surface area contributed by atoms with E-state index in [-0.39, 0.29) is 24.4 Å². The topological polar surface area (TPSA) is 55.1 Å². The Kier molecular flexibility index (Phi) is 6.56. The zero-order chi connectivity index (χ0) is 13.1. The molecule has 3 N–H and O–H groups in total.